The Morgan fingerprint density at radius 2 is 1.70 bits per heavy atom. The molecular formula is C18H30N2. The van der Waals surface area contributed by atoms with Crippen LogP contribution in [0.25, 0.3) is 0 Å². The van der Waals surface area contributed by atoms with Crippen LogP contribution in [0.15, 0.2) is 6.07 Å². The summed E-state index contributed by atoms with van der Waals surface area (Å²) in [6.07, 6.45) is 0. The van der Waals surface area contributed by atoms with Crippen molar-refractivity contribution in [2.45, 2.75) is 66.5 Å². The first-order valence-electron chi connectivity index (χ1n) is 7.89. The fourth-order valence-corrected chi connectivity index (χ4v) is 3.27. The number of hydrogen-bond acceptors (Lipinski definition) is 2. The molecule has 0 N–H and O–H groups in total. The molecule has 1 aromatic rings. The average Bonchev–Trinajstić information content (AvgIpc) is 2.36. The van der Waals surface area contributed by atoms with Crippen molar-refractivity contribution in [1.82, 2.24) is 0 Å². The summed E-state index contributed by atoms with van der Waals surface area (Å²) in [4.78, 5) is 5.07. The predicted octanol–water partition coefficient (Wildman–Crippen LogP) is 4.48. The highest BCUT2D eigenvalue weighted by atomic mass is 15.3. The van der Waals surface area contributed by atoms with Crippen molar-refractivity contribution in [3.8, 4) is 0 Å². The number of aryl methyl sites for hydroxylation is 1. The second-order valence-electron chi connectivity index (χ2n) is 6.97. The highest BCUT2D eigenvalue weighted by Gasteiger charge is 2.31. The Labute approximate surface area is 124 Å². The number of anilines is 2. The minimum atomic E-state index is 0.546. The van der Waals surface area contributed by atoms with Gasteiger partial charge in [-0.1, -0.05) is 19.9 Å². The highest BCUT2D eigenvalue weighted by Crippen LogP contribution is 2.44. The third-order valence-corrected chi connectivity index (χ3v) is 4.82. The van der Waals surface area contributed by atoms with Gasteiger partial charge in [-0.05, 0) is 57.2 Å². The Balaban J connectivity index is 2.76. The van der Waals surface area contributed by atoms with Gasteiger partial charge in [-0.25, -0.2) is 0 Å². The van der Waals surface area contributed by atoms with Crippen molar-refractivity contribution in [3.63, 3.8) is 0 Å². The quantitative estimate of drug-likeness (QED) is 0.784. The van der Waals surface area contributed by atoms with Gasteiger partial charge in [0.2, 0.25) is 0 Å². The lowest BCUT2D eigenvalue weighted by molar-refractivity contribution is 0.572. The van der Waals surface area contributed by atoms with Gasteiger partial charge in [0.1, 0.15) is 0 Å². The van der Waals surface area contributed by atoms with Crippen molar-refractivity contribution >= 4 is 11.4 Å². The number of hydrogen-bond donors (Lipinski definition) is 0. The molecule has 0 fully saturated rings. The standard InChI is InChI=1S/C18H30N2/c1-11(2)16-9-13(5)15(7)17-18(16)20(12(3)4)10-14(6)19(17)8/h9,11-12,14H,10H2,1-8H3/t14-/m1/s1. The van der Waals surface area contributed by atoms with Gasteiger partial charge in [0.25, 0.3) is 0 Å². The molecule has 0 aromatic heterocycles. The lowest BCUT2D eigenvalue weighted by Crippen LogP contribution is -2.49. The van der Waals surface area contributed by atoms with E-state index < -0.39 is 0 Å². The van der Waals surface area contributed by atoms with E-state index in [4.69, 9.17) is 0 Å². The smallest absolute Gasteiger partial charge is 0.0645 e. The summed E-state index contributed by atoms with van der Waals surface area (Å²) < 4.78 is 0. The molecule has 1 atom stereocenters. The van der Waals surface area contributed by atoms with Crippen molar-refractivity contribution in [1.29, 1.82) is 0 Å². The van der Waals surface area contributed by atoms with Gasteiger partial charge < -0.3 is 9.80 Å². The normalized spacial score (nSPS) is 19.0. The number of likely N-dealkylation sites (N-methyl/N-ethyl adjacent to an activating group) is 1. The summed E-state index contributed by atoms with van der Waals surface area (Å²) in [5.74, 6) is 0.561. The van der Waals surface area contributed by atoms with Crippen molar-refractivity contribution in [3.05, 3.63) is 22.8 Å². The fraction of sp³-hybridized carbons (Fsp3) is 0.667. The Kier molecular flexibility index (Phi) is 4.04. The third-order valence-electron chi connectivity index (χ3n) is 4.82. The SMILES string of the molecule is Cc1cc(C(C)C)c2c(c1C)N(C)[C@H](C)CN2C(C)C. The first-order valence-corrected chi connectivity index (χ1v) is 7.89. The number of fused-ring (bicyclic) bond motifs is 1. The lowest BCUT2D eigenvalue weighted by Gasteiger charge is -2.46. The molecule has 2 nitrogen and oxygen atoms in total. The number of rotatable bonds is 2. The van der Waals surface area contributed by atoms with Crippen LogP contribution in [0, 0.1) is 13.8 Å². The molecule has 0 unspecified atom stereocenters. The van der Waals surface area contributed by atoms with Crippen molar-refractivity contribution in [2.75, 3.05) is 23.4 Å². The van der Waals surface area contributed by atoms with Gasteiger partial charge >= 0.3 is 0 Å². The third kappa shape index (κ3) is 2.30. The van der Waals surface area contributed by atoms with Crippen LogP contribution in [-0.2, 0) is 0 Å². The van der Waals surface area contributed by atoms with Gasteiger partial charge in [-0.2, -0.15) is 0 Å². The monoisotopic (exact) mass is 274 g/mol. The molecule has 0 saturated heterocycles. The van der Waals surface area contributed by atoms with Gasteiger partial charge in [0, 0.05) is 25.7 Å². The summed E-state index contributed by atoms with van der Waals surface area (Å²) in [6, 6.07) is 3.51. The Bertz CT molecular complexity index is 503. The first kappa shape index (κ1) is 15.2. The molecule has 0 amide bonds. The first-order chi connectivity index (χ1) is 9.25. The number of nitrogens with zero attached hydrogens (tertiary/aromatic N) is 2. The van der Waals surface area contributed by atoms with Crippen LogP contribution in [0.3, 0.4) is 0 Å². The largest absolute Gasteiger partial charge is 0.368 e. The molecule has 20 heavy (non-hydrogen) atoms. The van der Waals surface area contributed by atoms with E-state index in [0.29, 0.717) is 18.0 Å². The van der Waals surface area contributed by atoms with Gasteiger partial charge in [0.05, 0.1) is 11.4 Å². The van der Waals surface area contributed by atoms with E-state index in [2.05, 4.69) is 71.4 Å². The zero-order valence-electron chi connectivity index (χ0n) is 14.4. The van der Waals surface area contributed by atoms with Crippen molar-refractivity contribution in [2.24, 2.45) is 0 Å². The molecule has 112 valence electrons. The molecule has 0 bridgehead atoms. The van der Waals surface area contributed by atoms with Crippen LogP contribution >= 0.6 is 0 Å². The summed E-state index contributed by atoms with van der Waals surface area (Å²) in [6.45, 7) is 17.2. The minimum absolute atomic E-state index is 0.546. The van der Waals surface area contributed by atoms with Crippen LogP contribution in [0.4, 0.5) is 11.4 Å². The predicted molar refractivity (Wildman–Crippen MR) is 90.4 cm³/mol. The van der Waals surface area contributed by atoms with Crippen LogP contribution in [0.1, 0.15) is 57.2 Å². The van der Waals surface area contributed by atoms with Gasteiger partial charge in [-0.15, -0.1) is 0 Å². The maximum absolute atomic E-state index is 2.60. The van der Waals surface area contributed by atoms with Gasteiger partial charge in [0.15, 0.2) is 0 Å². The van der Waals surface area contributed by atoms with E-state index in [-0.39, 0.29) is 0 Å². The van der Waals surface area contributed by atoms with Crippen LogP contribution < -0.4 is 9.80 Å². The van der Waals surface area contributed by atoms with E-state index in [0.717, 1.165) is 6.54 Å². The maximum Gasteiger partial charge on any atom is 0.0645 e. The summed E-state index contributed by atoms with van der Waals surface area (Å²) >= 11 is 0. The molecule has 2 heteroatoms. The molecule has 1 aliphatic heterocycles. The summed E-state index contributed by atoms with van der Waals surface area (Å²) in [5, 5.41) is 0. The van der Waals surface area contributed by atoms with E-state index in [1.807, 2.05) is 0 Å². The van der Waals surface area contributed by atoms with E-state index in [1.54, 1.807) is 0 Å². The molecule has 0 spiro atoms. The Morgan fingerprint density at radius 3 is 2.20 bits per heavy atom. The minimum Gasteiger partial charge on any atom is -0.368 e. The van der Waals surface area contributed by atoms with Crippen LogP contribution in [-0.4, -0.2) is 25.7 Å². The van der Waals surface area contributed by atoms with E-state index in [9.17, 15) is 0 Å². The van der Waals surface area contributed by atoms with E-state index >= 15 is 0 Å². The molecule has 1 heterocycles. The molecule has 0 radical (unpaired) electrons. The molecule has 1 aliphatic rings. The molecular weight excluding hydrogens is 244 g/mol. The average molecular weight is 274 g/mol. The maximum atomic E-state index is 2.60. The summed E-state index contributed by atoms with van der Waals surface area (Å²) in [7, 11) is 2.25. The molecule has 2 rings (SSSR count). The van der Waals surface area contributed by atoms with Crippen LogP contribution in [0.5, 0.6) is 0 Å². The zero-order chi connectivity index (χ0) is 15.2. The topological polar surface area (TPSA) is 6.48 Å². The zero-order valence-corrected chi connectivity index (χ0v) is 14.4. The second kappa shape index (κ2) is 5.31. The highest BCUT2D eigenvalue weighted by molar-refractivity contribution is 5.82. The Hall–Kier alpha value is -1.18. The van der Waals surface area contributed by atoms with Crippen molar-refractivity contribution < 1.29 is 0 Å². The fourth-order valence-electron chi connectivity index (χ4n) is 3.27. The molecule has 0 saturated carbocycles. The summed E-state index contributed by atoms with van der Waals surface area (Å²) in [5.41, 5.74) is 7.26. The second-order valence-corrected chi connectivity index (χ2v) is 6.97. The Morgan fingerprint density at radius 1 is 1.10 bits per heavy atom. The number of benzene rings is 1. The lowest BCUT2D eigenvalue weighted by atomic mass is 9.90. The molecule has 0 aliphatic carbocycles. The van der Waals surface area contributed by atoms with Gasteiger partial charge in [-0.3, -0.25) is 0 Å². The molecule has 1 aromatic carbocycles. The van der Waals surface area contributed by atoms with E-state index in [1.165, 1.54) is 28.1 Å². The van der Waals surface area contributed by atoms with Crippen LogP contribution in [0.2, 0.25) is 0 Å².